The summed E-state index contributed by atoms with van der Waals surface area (Å²) < 4.78 is 13.2. The standard InChI is InChI=1S/C13H9FN4O2/c14-10-2-1-8(3-7(10)5-15)18-12-4-9(13(19)20)11(16)6-17-12/h1-4,6H,16H2,(H,17,18)(H,19,20). The summed E-state index contributed by atoms with van der Waals surface area (Å²) in [4.78, 5) is 14.9. The lowest BCUT2D eigenvalue weighted by atomic mass is 10.2. The van der Waals surface area contributed by atoms with Crippen LogP contribution in [0.5, 0.6) is 0 Å². The Hall–Kier alpha value is -3.14. The van der Waals surface area contributed by atoms with Gasteiger partial charge in [-0.05, 0) is 24.3 Å². The van der Waals surface area contributed by atoms with Crippen LogP contribution in [0.15, 0.2) is 30.5 Å². The number of carbonyl (C=O) groups is 1. The molecule has 2 aromatic rings. The topological polar surface area (TPSA) is 112 Å². The Bertz CT molecular complexity index is 725. The normalized spacial score (nSPS) is 9.80. The van der Waals surface area contributed by atoms with E-state index in [2.05, 4.69) is 10.3 Å². The van der Waals surface area contributed by atoms with E-state index in [9.17, 15) is 9.18 Å². The van der Waals surface area contributed by atoms with Gasteiger partial charge >= 0.3 is 5.97 Å². The van der Waals surface area contributed by atoms with Crippen LogP contribution in [0.25, 0.3) is 0 Å². The van der Waals surface area contributed by atoms with Crippen molar-refractivity contribution in [2.24, 2.45) is 0 Å². The van der Waals surface area contributed by atoms with E-state index in [-0.39, 0.29) is 22.6 Å². The summed E-state index contributed by atoms with van der Waals surface area (Å²) in [6.07, 6.45) is 1.21. The van der Waals surface area contributed by atoms with Gasteiger partial charge in [0.1, 0.15) is 17.7 Å². The molecule has 20 heavy (non-hydrogen) atoms. The molecule has 0 aliphatic rings. The Morgan fingerprint density at radius 3 is 2.85 bits per heavy atom. The lowest BCUT2D eigenvalue weighted by Crippen LogP contribution is -2.05. The van der Waals surface area contributed by atoms with Gasteiger partial charge in [0, 0.05) is 5.69 Å². The summed E-state index contributed by atoms with van der Waals surface area (Å²) in [6.45, 7) is 0. The van der Waals surface area contributed by atoms with Crippen molar-refractivity contribution in [1.82, 2.24) is 4.98 Å². The minimum absolute atomic E-state index is 0.0415. The number of nitrogens with one attached hydrogen (secondary N) is 1. The van der Waals surface area contributed by atoms with Crippen LogP contribution < -0.4 is 11.1 Å². The van der Waals surface area contributed by atoms with Crippen LogP contribution in [0, 0.1) is 17.1 Å². The number of benzene rings is 1. The maximum Gasteiger partial charge on any atom is 0.337 e. The molecule has 6 nitrogen and oxygen atoms in total. The molecule has 1 aromatic heterocycles. The number of nitrogens with two attached hydrogens (primary N) is 1. The molecule has 0 fully saturated rings. The zero-order chi connectivity index (χ0) is 14.7. The summed E-state index contributed by atoms with van der Waals surface area (Å²) in [5.74, 6) is -1.58. The number of aromatic carboxylic acids is 1. The number of hydrogen-bond donors (Lipinski definition) is 3. The third-order valence-corrected chi connectivity index (χ3v) is 2.52. The highest BCUT2D eigenvalue weighted by atomic mass is 19.1. The van der Waals surface area contributed by atoms with Gasteiger partial charge in [-0.25, -0.2) is 14.2 Å². The first kappa shape index (κ1) is 13.3. The van der Waals surface area contributed by atoms with Crippen LogP contribution in [0.3, 0.4) is 0 Å². The lowest BCUT2D eigenvalue weighted by Gasteiger charge is -2.08. The summed E-state index contributed by atoms with van der Waals surface area (Å²) in [5, 5.41) is 20.5. The number of pyridine rings is 1. The molecule has 0 spiro atoms. The number of carboxylic acid groups (broad SMARTS) is 1. The number of anilines is 3. The summed E-state index contributed by atoms with van der Waals surface area (Å²) in [7, 11) is 0. The molecule has 2 rings (SSSR count). The smallest absolute Gasteiger partial charge is 0.337 e. The molecule has 1 aromatic carbocycles. The number of aromatic nitrogens is 1. The van der Waals surface area contributed by atoms with Gasteiger partial charge in [-0.15, -0.1) is 0 Å². The SMILES string of the molecule is N#Cc1cc(Nc2cc(C(=O)O)c(N)cn2)ccc1F. The molecular formula is C13H9FN4O2. The third kappa shape index (κ3) is 2.64. The zero-order valence-electron chi connectivity index (χ0n) is 10.1. The Kier molecular flexibility index (Phi) is 3.48. The van der Waals surface area contributed by atoms with E-state index >= 15 is 0 Å². The molecule has 0 unspecified atom stereocenters. The van der Waals surface area contributed by atoms with Gasteiger partial charge in [-0.2, -0.15) is 5.26 Å². The molecule has 0 saturated heterocycles. The van der Waals surface area contributed by atoms with E-state index in [1.807, 2.05) is 0 Å². The fraction of sp³-hybridized carbons (Fsp3) is 0. The van der Waals surface area contributed by atoms with Gasteiger partial charge in [0.05, 0.1) is 23.0 Å². The first-order valence-electron chi connectivity index (χ1n) is 5.46. The van der Waals surface area contributed by atoms with Gasteiger partial charge in [0.15, 0.2) is 0 Å². The summed E-state index contributed by atoms with van der Waals surface area (Å²) in [6, 6.07) is 6.81. The molecule has 0 aliphatic carbocycles. The Balaban J connectivity index is 2.33. The Morgan fingerprint density at radius 1 is 1.45 bits per heavy atom. The average Bonchev–Trinajstić information content (AvgIpc) is 2.42. The van der Waals surface area contributed by atoms with Crippen LogP contribution in [-0.2, 0) is 0 Å². The summed E-state index contributed by atoms with van der Waals surface area (Å²) in [5.41, 5.74) is 5.73. The number of rotatable bonds is 3. The molecule has 0 atom stereocenters. The van der Waals surface area contributed by atoms with Crippen molar-refractivity contribution in [2.45, 2.75) is 0 Å². The monoisotopic (exact) mass is 272 g/mol. The van der Waals surface area contributed by atoms with Crippen molar-refractivity contribution in [3.8, 4) is 6.07 Å². The van der Waals surface area contributed by atoms with Crippen LogP contribution in [0.4, 0.5) is 21.6 Å². The molecular weight excluding hydrogens is 263 g/mol. The first-order chi connectivity index (χ1) is 9.51. The maximum absolute atomic E-state index is 13.2. The van der Waals surface area contributed by atoms with Gasteiger partial charge in [-0.1, -0.05) is 0 Å². The van der Waals surface area contributed by atoms with Crippen molar-refractivity contribution in [3.63, 3.8) is 0 Å². The van der Waals surface area contributed by atoms with Crippen molar-refractivity contribution >= 4 is 23.2 Å². The fourth-order valence-corrected chi connectivity index (χ4v) is 1.56. The molecule has 1 heterocycles. The number of nitrogens with zero attached hydrogens (tertiary/aromatic N) is 2. The van der Waals surface area contributed by atoms with Crippen LogP contribution in [0.2, 0.25) is 0 Å². The molecule has 0 bridgehead atoms. The Labute approximate surface area is 113 Å². The van der Waals surface area contributed by atoms with E-state index < -0.39 is 11.8 Å². The number of hydrogen-bond acceptors (Lipinski definition) is 5. The highest BCUT2D eigenvalue weighted by molar-refractivity contribution is 5.94. The van der Waals surface area contributed by atoms with Gasteiger partial charge in [0.2, 0.25) is 0 Å². The quantitative estimate of drug-likeness (QED) is 0.788. The number of nitrogen functional groups attached to an aromatic ring is 1. The lowest BCUT2D eigenvalue weighted by molar-refractivity contribution is 0.0698. The third-order valence-electron chi connectivity index (χ3n) is 2.52. The van der Waals surface area contributed by atoms with Crippen molar-refractivity contribution in [3.05, 3.63) is 47.4 Å². The molecule has 0 amide bonds. The van der Waals surface area contributed by atoms with Crippen molar-refractivity contribution in [2.75, 3.05) is 11.1 Å². The van der Waals surface area contributed by atoms with Crippen LogP contribution in [-0.4, -0.2) is 16.1 Å². The molecule has 0 aliphatic heterocycles. The van der Waals surface area contributed by atoms with E-state index in [1.54, 1.807) is 6.07 Å². The largest absolute Gasteiger partial charge is 0.478 e. The molecule has 7 heteroatoms. The molecule has 0 radical (unpaired) electrons. The van der Waals surface area contributed by atoms with Gasteiger partial charge < -0.3 is 16.2 Å². The second-order valence-corrected chi connectivity index (χ2v) is 3.89. The zero-order valence-corrected chi connectivity index (χ0v) is 10.1. The molecule has 100 valence electrons. The van der Waals surface area contributed by atoms with E-state index in [0.717, 1.165) is 6.07 Å². The van der Waals surface area contributed by atoms with Crippen LogP contribution in [0.1, 0.15) is 15.9 Å². The first-order valence-corrected chi connectivity index (χ1v) is 5.46. The number of carboxylic acids is 1. The van der Waals surface area contributed by atoms with Gasteiger partial charge in [0.25, 0.3) is 0 Å². The highest BCUT2D eigenvalue weighted by Crippen LogP contribution is 2.20. The number of halogens is 1. The second-order valence-electron chi connectivity index (χ2n) is 3.89. The second kappa shape index (κ2) is 5.24. The van der Waals surface area contributed by atoms with Gasteiger partial charge in [-0.3, -0.25) is 0 Å². The van der Waals surface area contributed by atoms with Crippen molar-refractivity contribution < 1.29 is 14.3 Å². The summed E-state index contributed by atoms with van der Waals surface area (Å²) >= 11 is 0. The minimum Gasteiger partial charge on any atom is -0.478 e. The van der Waals surface area contributed by atoms with Crippen LogP contribution >= 0.6 is 0 Å². The predicted molar refractivity (Wildman–Crippen MR) is 70.0 cm³/mol. The van der Waals surface area contributed by atoms with E-state index in [1.165, 1.54) is 24.4 Å². The molecule has 0 saturated carbocycles. The fourth-order valence-electron chi connectivity index (χ4n) is 1.56. The Morgan fingerprint density at radius 2 is 2.20 bits per heavy atom. The predicted octanol–water partition coefficient (Wildman–Crippen LogP) is 2.12. The highest BCUT2D eigenvalue weighted by Gasteiger charge is 2.10. The molecule has 4 N–H and O–H groups in total. The average molecular weight is 272 g/mol. The van der Waals surface area contributed by atoms with E-state index in [4.69, 9.17) is 16.1 Å². The maximum atomic E-state index is 13.2. The number of nitriles is 1. The van der Waals surface area contributed by atoms with E-state index in [0.29, 0.717) is 5.69 Å². The van der Waals surface area contributed by atoms with Crippen molar-refractivity contribution in [1.29, 1.82) is 5.26 Å². The minimum atomic E-state index is -1.18.